The van der Waals surface area contributed by atoms with Gasteiger partial charge in [-0.25, -0.2) is 0 Å². The quantitative estimate of drug-likeness (QED) is 0.597. The number of rotatable bonds is 3. The highest BCUT2D eigenvalue weighted by Crippen LogP contribution is 2.16. The largest absolute Gasteiger partial charge is 0.328 e. The SMILES string of the molecule is CCONC1CCC(N)CC1. The van der Waals surface area contributed by atoms with Crippen LogP contribution in [0.25, 0.3) is 0 Å². The Kier molecular flexibility index (Phi) is 3.83. The van der Waals surface area contributed by atoms with Gasteiger partial charge in [0.15, 0.2) is 0 Å². The molecule has 1 fully saturated rings. The highest BCUT2D eigenvalue weighted by molar-refractivity contribution is 4.76. The highest BCUT2D eigenvalue weighted by atomic mass is 16.6. The van der Waals surface area contributed by atoms with E-state index in [9.17, 15) is 0 Å². The van der Waals surface area contributed by atoms with Gasteiger partial charge >= 0.3 is 0 Å². The van der Waals surface area contributed by atoms with Gasteiger partial charge in [-0.15, -0.1) is 0 Å². The molecule has 0 atom stereocenters. The molecule has 0 saturated heterocycles. The summed E-state index contributed by atoms with van der Waals surface area (Å²) < 4.78 is 0. The molecule has 1 saturated carbocycles. The average molecular weight is 158 g/mol. The molecule has 0 aliphatic heterocycles. The second kappa shape index (κ2) is 4.70. The van der Waals surface area contributed by atoms with Gasteiger partial charge in [-0.05, 0) is 32.6 Å². The average Bonchev–Trinajstić information content (AvgIpc) is 2.04. The van der Waals surface area contributed by atoms with Crippen LogP contribution in [0.15, 0.2) is 0 Å². The fourth-order valence-electron chi connectivity index (χ4n) is 1.44. The molecular weight excluding hydrogens is 140 g/mol. The molecule has 0 unspecified atom stereocenters. The molecule has 11 heavy (non-hydrogen) atoms. The van der Waals surface area contributed by atoms with E-state index < -0.39 is 0 Å². The summed E-state index contributed by atoms with van der Waals surface area (Å²) in [5.41, 5.74) is 8.79. The molecule has 1 aliphatic rings. The maximum Gasteiger partial charge on any atom is 0.0654 e. The van der Waals surface area contributed by atoms with Crippen LogP contribution in [0.1, 0.15) is 32.6 Å². The van der Waals surface area contributed by atoms with E-state index in [0.717, 1.165) is 32.3 Å². The predicted molar refractivity (Wildman–Crippen MR) is 45.0 cm³/mol. The summed E-state index contributed by atoms with van der Waals surface area (Å²) in [4.78, 5) is 5.12. The minimum atomic E-state index is 0.426. The summed E-state index contributed by atoms with van der Waals surface area (Å²) in [5, 5.41) is 0. The van der Waals surface area contributed by atoms with E-state index in [0.29, 0.717) is 12.1 Å². The Labute approximate surface area is 68.2 Å². The maximum absolute atomic E-state index is 5.76. The van der Waals surface area contributed by atoms with Gasteiger partial charge < -0.3 is 10.6 Å². The molecule has 0 heterocycles. The number of nitrogens with two attached hydrogens (primary N) is 1. The summed E-state index contributed by atoms with van der Waals surface area (Å²) in [6.07, 6.45) is 4.57. The maximum atomic E-state index is 5.76. The van der Waals surface area contributed by atoms with Crippen molar-refractivity contribution < 1.29 is 4.84 Å². The Morgan fingerprint density at radius 3 is 2.55 bits per heavy atom. The number of hydroxylamine groups is 1. The van der Waals surface area contributed by atoms with Gasteiger partial charge in [-0.2, -0.15) is 5.48 Å². The number of nitrogens with one attached hydrogen (secondary N) is 1. The molecule has 0 aromatic carbocycles. The van der Waals surface area contributed by atoms with Crippen LogP contribution in [0.4, 0.5) is 0 Å². The standard InChI is InChI=1S/C8H18N2O/c1-2-11-10-8-5-3-7(9)4-6-8/h7-8,10H,2-6,9H2,1H3. The molecule has 1 rings (SSSR count). The summed E-state index contributed by atoms with van der Waals surface area (Å²) in [7, 11) is 0. The van der Waals surface area contributed by atoms with Crippen molar-refractivity contribution in [1.82, 2.24) is 5.48 Å². The molecule has 0 amide bonds. The van der Waals surface area contributed by atoms with Gasteiger partial charge in [-0.3, -0.25) is 0 Å². The van der Waals surface area contributed by atoms with Crippen LogP contribution in [0.2, 0.25) is 0 Å². The molecule has 0 spiro atoms. The van der Waals surface area contributed by atoms with E-state index in [4.69, 9.17) is 10.6 Å². The Bertz CT molecular complexity index is 97.5. The summed E-state index contributed by atoms with van der Waals surface area (Å²) in [6.45, 7) is 2.73. The molecular formula is C8H18N2O. The van der Waals surface area contributed by atoms with E-state index in [1.807, 2.05) is 6.92 Å². The van der Waals surface area contributed by atoms with Crippen LogP contribution in [0.5, 0.6) is 0 Å². The minimum absolute atomic E-state index is 0.426. The second-order valence-electron chi connectivity index (χ2n) is 3.16. The monoisotopic (exact) mass is 158 g/mol. The van der Waals surface area contributed by atoms with Crippen LogP contribution in [0.3, 0.4) is 0 Å². The van der Waals surface area contributed by atoms with E-state index in [1.165, 1.54) is 0 Å². The predicted octanol–water partition coefficient (Wildman–Crippen LogP) is 0.797. The van der Waals surface area contributed by atoms with E-state index in [1.54, 1.807) is 0 Å². The van der Waals surface area contributed by atoms with Crippen LogP contribution < -0.4 is 11.2 Å². The Balaban J connectivity index is 2.07. The van der Waals surface area contributed by atoms with Crippen molar-refractivity contribution in [2.24, 2.45) is 5.73 Å². The zero-order valence-electron chi connectivity index (χ0n) is 7.18. The lowest BCUT2D eigenvalue weighted by atomic mass is 9.92. The van der Waals surface area contributed by atoms with Crippen LogP contribution in [-0.2, 0) is 4.84 Å². The van der Waals surface area contributed by atoms with Crippen molar-refractivity contribution in [2.45, 2.75) is 44.7 Å². The normalized spacial score (nSPS) is 32.2. The van der Waals surface area contributed by atoms with Gasteiger partial charge in [0.2, 0.25) is 0 Å². The van der Waals surface area contributed by atoms with Crippen molar-refractivity contribution in [2.75, 3.05) is 6.61 Å². The molecule has 3 heteroatoms. The first kappa shape index (κ1) is 8.97. The minimum Gasteiger partial charge on any atom is -0.328 e. The lowest BCUT2D eigenvalue weighted by Crippen LogP contribution is -2.37. The molecule has 3 nitrogen and oxygen atoms in total. The first-order valence-corrected chi connectivity index (χ1v) is 4.45. The number of hydrogen-bond acceptors (Lipinski definition) is 3. The van der Waals surface area contributed by atoms with Gasteiger partial charge in [0.1, 0.15) is 0 Å². The molecule has 0 aromatic heterocycles. The lowest BCUT2D eigenvalue weighted by Gasteiger charge is -2.26. The first-order valence-electron chi connectivity index (χ1n) is 4.45. The molecule has 0 aromatic rings. The van der Waals surface area contributed by atoms with E-state index in [2.05, 4.69) is 5.48 Å². The van der Waals surface area contributed by atoms with Gasteiger partial charge in [0.05, 0.1) is 6.61 Å². The van der Waals surface area contributed by atoms with Gasteiger partial charge in [0.25, 0.3) is 0 Å². The van der Waals surface area contributed by atoms with Crippen LogP contribution in [0, 0.1) is 0 Å². The lowest BCUT2D eigenvalue weighted by molar-refractivity contribution is 0.0140. The Morgan fingerprint density at radius 1 is 1.36 bits per heavy atom. The Morgan fingerprint density at radius 2 is 2.00 bits per heavy atom. The van der Waals surface area contributed by atoms with Crippen LogP contribution in [-0.4, -0.2) is 18.7 Å². The third kappa shape index (κ3) is 3.18. The van der Waals surface area contributed by atoms with Crippen molar-refractivity contribution in [3.05, 3.63) is 0 Å². The summed E-state index contributed by atoms with van der Waals surface area (Å²) in [6, 6.07) is 0.962. The number of hydrogen-bond donors (Lipinski definition) is 2. The third-order valence-electron chi connectivity index (χ3n) is 2.17. The highest BCUT2D eigenvalue weighted by Gasteiger charge is 2.17. The second-order valence-corrected chi connectivity index (χ2v) is 3.16. The zero-order valence-corrected chi connectivity index (χ0v) is 7.18. The van der Waals surface area contributed by atoms with E-state index >= 15 is 0 Å². The van der Waals surface area contributed by atoms with Crippen molar-refractivity contribution in [1.29, 1.82) is 0 Å². The topological polar surface area (TPSA) is 47.3 Å². The fraction of sp³-hybridized carbons (Fsp3) is 1.00. The van der Waals surface area contributed by atoms with Crippen molar-refractivity contribution >= 4 is 0 Å². The third-order valence-corrected chi connectivity index (χ3v) is 2.17. The first-order chi connectivity index (χ1) is 5.33. The van der Waals surface area contributed by atoms with E-state index in [-0.39, 0.29) is 0 Å². The molecule has 66 valence electrons. The molecule has 3 N–H and O–H groups in total. The van der Waals surface area contributed by atoms with Crippen molar-refractivity contribution in [3.8, 4) is 0 Å². The molecule has 0 radical (unpaired) electrons. The zero-order chi connectivity index (χ0) is 8.10. The molecule has 0 bridgehead atoms. The van der Waals surface area contributed by atoms with Gasteiger partial charge in [0, 0.05) is 12.1 Å². The van der Waals surface area contributed by atoms with Crippen molar-refractivity contribution in [3.63, 3.8) is 0 Å². The summed E-state index contributed by atoms with van der Waals surface area (Å²) in [5.74, 6) is 0. The van der Waals surface area contributed by atoms with Crippen LogP contribution >= 0.6 is 0 Å². The Hall–Kier alpha value is -0.120. The smallest absolute Gasteiger partial charge is 0.0654 e. The molecule has 1 aliphatic carbocycles. The van der Waals surface area contributed by atoms with Gasteiger partial charge in [-0.1, -0.05) is 0 Å². The summed E-state index contributed by atoms with van der Waals surface area (Å²) >= 11 is 0. The fourth-order valence-corrected chi connectivity index (χ4v) is 1.44.